The van der Waals surface area contributed by atoms with Gasteiger partial charge < -0.3 is 4.42 Å². The number of rotatable bonds is 4. The Morgan fingerprint density at radius 1 is 0.408 bits per heavy atom. The lowest BCUT2D eigenvalue weighted by Crippen LogP contribution is -2.43. The van der Waals surface area contributed by atoms with Crippen molar-refractivity contribution in [3.8, 4) is 56.4 Å². The Bertz CT molecular complexity index is 2550. The fraction of sp³-hybridized carbons (Fsp3) is 0.133. The summed E-state index contributed by atoms with van der Waals surface area (Å²) >= 11 is 0. The highest BCUT2D eigenvalue weighted by molar-refractivity contribution is 6.11. The summed E-state index contributed by atoms with van der Waals surface area (Å²) in [6.45, 7) is 9.49. The average Bonchev–Trinajstić information content (AvgIpc) is 3.53. The number of nitrogens with zero attached hydrogens (tertiary/aromatic N) is 3. The first-order valence-corrected chi connectivity index (χ1v) is 16.9. The van der Waals surface area contributed by atoms with Gasteiger partial charge in [-0.3, -0.25) is 0 Å². The molecule has 4 heteroatoms. The Labute approximate surface area is 286 Å². The van der Waals surface area contributed by atoms with Crippen molar-refractivity contribution in [3.63, 3.8) is 0 Å². The van der Waals surface area contributed by atoms with Crippen LogP contribution in [0.4, 0.5) is 0 Å². The van der Waals surface area contributed by atoms with E-state index in [0.29, 0.717) is 17.5 Å². The number of hydrogen-bond acceptors (Lipinski definition) is 4. The quantitative estimate of drug-likeness (QED) is 0.193. The molecule has 49 heavy (non-hydrogen) atoms. The lowest BCUT2D eigenvalue weighted by Gasteiger charge is -2.48. The molecule has 0 fully saturated rings. The molecular formula is C45H35N3O. The van der Waals surface area contributed by atoms with Gasteiger partial charge in [-0.25, -0.2) is 15.0 Å². The fourth-order valence-corrected chi connectivity index (χ4v) is 7.52. The van der Waals surface area contributed by atoms with Crippen molar-refractivity contribution in [2.45, 2.75) is 38.5 Å². The maximum atomic E-state index is 6.24. The number of para-hydroxylation sites is 1. The second-order valence-corrected chi connectivity index (χ2v) is 14.1. The highest BCUT2D eigenvalue weighted by atomic mass is 16.3. The molecule has 0 amide bonds. The van der Waals surface area contributed by atoms with E-state index >= 15 is 0 Å². The first-order chi connectivity index (χ1) is 23.8. The second-order valence-electron chi connectivity index (χ2n) is 14.1. The molecule has 6 aromatic carbocycles. The highest BCUT2D eigenvalue weighted by Gasteiger charge is 2.46. The van der Waals surface area contributed by atoms with Crippen molar-refractivity contribution in [1.82, 2.24) is 15.0 Å². The van der Waals surface area contributed by atoms with Crippen LogP contribution in [0.1, 0.15) is 38.8 Å². The van der Waals surface area contributed by atoms with Crippen molar-refractivity contribution >= 4 is 21.9 Å². The van der Waals surface area contributed by atoms with E-state index in [1.807, 2.05) is 48.5 Å². The van der Waals surface area contributed by atoms with Gasteiger partial charge in [-0.05, 0) is 68.5 Å². The van der Waals surface area contributed by atoms with E-state index in [-0.39, 0.29) is 10.8 Å². The molecule has 0 radical (unpaired) electrons. The van der Waals surface area contributed by atoms with E-state index in [1.54, 1.807) is 0 Å². The van der Waals surface area contributed by atoms with E-state index in [9.17, 15) is 0 Å². The molecule has 1 aliphatic rings. The van der Waals surface area contributed by atoms with Crippen molar-refractivity contribution in [2.75, 3.05) is 0 Å². The van der Waals surface area contributed by atoms with E-state index < -0.39 is 0 Å². The molecule has 0 spiro atoms. The third-order valence-electron chi connectivity index (χ3n) is 10.9. The summed E-state index contributed by atoms with van der Waals surface area (Å²) in [6.07, 6.45) is 0. The van der Waals surface area contributed by atoms with Crippen LogP contribution in [0.3, 0.4) is 0 Å². The highest BCUT2D eigenvalue weighted by Crippen LogP contribution is 2.55. The molecule has 1 aliphatic carbocycles. The zero-order valence-corrected chi connectivity index (χ0v) is 28.0. The molecule has 0 saturated heterocycles. The first kappa shape index (κ1) is 29.3. The number of benzene rings is 6. The molecule has 4 nitrogen and oxygen atoms in total. The Balaban J connectivity index is 1.24. The van der Waals surface area contributed by atoms with E-state index in [4.69, 9.17) is 19.4 Å². The average molecular weight is 634 g/mol. The molecule has 2 heterocycles. The molecule has 0 N–H and O–H groups in total. The third kappa shape index (κ3) is 4.55. The maximum Gasteiger partial charge on any atom is 0.164 e. The SMILES string of the molecule is CC1(C)c2cc(-c3ccccc3)ccc2-c2ccc(-c3nc(-c4ccccc4)nc(-c4cccc5oc6ccccc6c45)n3)cc2C1(C)C. The van der Waals surface area contributed by atoms with Crippen LogP contribution < -0.4 is 0 Å². The van der Waals surface area contributed by atoms with Crippen molar-refractivity contribution in [2.24, 2.45) is 0 Å². The van der Waals surface area contributed by atoms with Crippen LogP contribution in [0, 0.1) is 0 Å². The van der Waals surface area contributed by atoms with Gasteiger partial charge in [0.05, 0.1) is 0 Å². The number of aromatic nitrogens is 3. The fourth-order valence-electron chi connectivity index (χ4n) is 7.52. The van der Waals surface area contributed by atoms with Crippen LogP contribution in [-0.2, 0) is 10.8 Å². The summed E-state index contributed by atoms with van der Waals surface area (Å²) in [7, 11) is 0. The van der Waals surface area contributed by atoms with Crippen LogP contribution in [-0.4, -0.2) is 15.0 Å². The van der Waals surface area contributed by atoms with Crippen molar-refractivity contribution in [3.05, 3.63) is 151 Å². The maximum absolute atomic E-state index is 6.24. The molecule has 9 rings (SSSR count). The summed E-state index contributed by atoms with van der Waals surface area (Å²) < 4.78 is 6.24. The zero-order chi connectivity index (χ0) is 33.3. The normalized spacial score (nSPS) is 14.4. The molecule has 8 aromatic rings. The van der Waals surface area contributed by atoms with Crippen LogP contribution in [0.15, 0.2) is 144 Å². The van der Waals surface area contributed by atoms with E-state index in [0.717, 1.165) is 38.6 Å². The summed E-state index contributed by atoms with van der Waals surface area (Å²) in [5, 5.41) is 2.05. The van der Waals surface area contributed by atoms with Gasteiger partial charge in [0, 0.05) is 27.5 Å². The predicted octanol–water partition coefficient (Wildman–Crippen LogP) is 11.7. The Morgan fingerprint density at radius 2 is 0.939 bits per heavy atom. The van der Waals surface area contributed by atoms with Gasteiger partial charge in [0.15, 0.2) is 17.5 Å². The first-order valence-electron chi connectivity index (χ1n) is 16.9. The zero-order valence-electron chi connectivity index (χ0n) is 28.0. The Kier molecular flexibility index (Phi) is 6.47. The molecule has 0 saturated carbocycles. The Hall–Kier alpha value is -5.87. The number of furan rings is 1. The minimum Gasteiger partial charge on any atom is -0.456 e. The summed E-state index contributed by atoms with van der Waals surface area (Å²) in [6, 6.07) is 48.7. The van der Waals surface area contributed by atoms with Crippen LogP contribution in [0.25, 0.3) is 78.4 Å². The van der Waals surface area contributed by atoms with Gasteiger partial charge >= 0.3 is 0 Å². The molecule has 2 aromatic heterocycles. The van der Waals surface area contributed by atoms with Gasteiger partial charge in [-0.1, -0.05) is 143 Å². The topological polar surface area (TPSA) is 51.8 Å². The molecule has 0 aliphatic heterocycles. The van der Waals surface area contributed by atoms with Gasteiger partial charge in [0.2, 0.25) is 0 Å². The van der Waals surface area contributed by atoms with E-state index in [2.05, 4.69) is 119 Å². The van der Waals surface area contributed by atoms with Gasteiger partial charge in [0.25, 0.3) is 0 Å². The Morgan fingerprint density at radius 3 is 1.63 bits per heavy atom. The standard InChI is InChI=1S/C45H35N3O/c1-44(2)36-26-30(28-14-7-5-8-15-28)22-24-32(36)33-25-23-31(27-37(33)45(44,3)4)42-46-41(29-16-9-6-10-17-29)47-43(48-42)35-19-13-21-39-40(35)34-18-11-12-20-38(34)49-39/h5-27H,1-4H3. The molecule has 236 valence electrons. The number of hydrogen-bond donors (Lipinski definition) is 0. The lowest BCUT2D eigenvalue weighted by atomic mass is 9.55. The summed E-state index contributed by atoms with van der Waals surface area (Å²) in [5.41, 5.74) is 11.9. The smallest absolute Gasteiger partial charge is 0.164 e. The minimum atomic E-state index is -0.180. The van der Waals surface area contributed by atoms with Gasteiger partial charge in [0.1, 0.15) is 11.2 Å². The molecule has 0 unspecified atom stereocenters. The second kappa shape index (κ2) is 10.8. The van der Waals surface area contributed by atoms with E-state index in [1.165, 1.54) is 33.4 Å². The van der Waals surface area contributed by atoms with Crippen LogP contribution >= 0.6 is 0 Å². The summed E-state index contributed by atoms with van der Waals surface area (Å²) in [5.74, 6) is 1.91. The third-order valence-corrected chi connectivity index (χ3v) is 10.9. The largest absolute Gasteiger partial charge is 0.456 e. The molecule has 0 bridgehead atoms. The predicted molar refractivity (Wildman–Crippen MR) is 200 cm³/mol. The summed E-state index contributed by atoms with van der Waals surface area (Å²) in [4.78, 5) is 15.4. The number of fused-ring (bicyclic) bond motifs is 6. The van der Waals surface area contributed by atoms with Gasteiger partial charge in [-0.15, -0.1) is 0 Å². The monoisotopic (exact) mass is 633 g/mol. The lowest BCUT2D eigenvalue weighted by molar-refractivity contribution is 0.299. The van der Waals surface area contributed by atoms with Crippen molar-refractivity contribution in [1.29, 1.82) is 0 Å². The minimum absolute atomic E-state index is 0.143. The van der Waals surface area contributed by atoms with Crippen LogP contribution in [0.2, 0.25) is 0 Å². The van der Waals surface area contributed by atoms with Gasteiger partial charge in [-0.2, -0.15) is 0 Å². The van der Waals surface area contributed by atoms with Crippen molar-refractivity contribution < 1.29 is 4.42 Å². The molecule has 0 atom stereocenters. The van der Waals surface area contributed by atoms with Crippen LogP contribution in [0.5, 0.6) is 0 Å². The molecular weight excluding hydrogens is 599 g/mol.